The van der Waals surface area contributed by atoms with Gasteiger partial charge in [-0.05, 0) is 26.8 Å². The summed E-state index contributed by atoms with van der Waals surface area (Å²) in [6, 6.07) is 1.01. The molecule has 0 radical (unpaired) electrons. The van der Waals surface area contributed by atoms with Gasteiger partial charge in [0.1, 0.15) is 0 Å². The van der Waals surface area contributed by atoms with E-state index in [9.17, 15) is 0 Å². The standard InChI is InChI=1S/C8H18N2O/c1-6(11)5-10(2)8-3-7(9)4-8/h6-8,11H,3-5,9H2,1-2H3/t6-,7?,8?/m1/s1. The molecule has 3 nitrogen and oxygen atoms in total. The van der Waals surface area contributed by atoms with Gasteiger partial charge in [-0.2, -0.15) is 0 Å². The molecule has 0 unspecified atom stereocenters. The third-order valence-electron chi connectivity index (χ3n) is 2.33. The Morgan fingerprint density at radius 1 is 1.64 bits per heavy atom. The van der Waals surface area contributed by atoms with Crippen molar-refractivity contribution in [2.24, 2.45) is 5.73 Å². The molecule has 66 valence electrons. The van der Waals surface area contributed by atoms with Crippen LogP contribution in [0.4, 0.5) is 0 Å². The maximum absolute atomic E-state index is 9.08. The van der Waals surface area contributed by atoms with Crippen molar-refractivity contribution in [2.45, 2.75) is 38.0 Å². The molecule has 0 saturated heterocycles. The normalized spacial score (nSPS) is 33.5. The highest BCUT2D eigenvalue weighted by molar-refractivity contribution is 4.88. The summed E-state index contributed by atoms with van der Waals surface area (Å²) >= 11 is 0. The number of rotatable bonds is 3. The Kier molecular flexibility index (Phi) is 2.87. The molecule has 1 aliphatic rings. The van der Waals surface area contributed by atoms with Crippen molar-refractivity contribution in [3.05, 3.63) is 0 Å². The molecule has 1 atom stereocenters. The predicted molar refractivity (Wildman–Crippen MR) is 45.3 cm³/mol. The number of nitrogens with two attached hydrogens (primary N) is 1. The molecule has 1 saturated carbocycles. The molecule has 0 aromatic heterocycles. The van der Waals surface area contributed by atoms with Crippen molar-refractivity contribution in [2.75, 3.05) is 13.6 Å². The van der Waals surface area contributed by atoms with Crippen molar-refractivity contribution in [1.82, 2.24) is 4.90 Å². The van der Waals surface area contributed by atoms with Crippen LogP contribution in [0.5, 0.6) is 0 Å². The summed E-state index contributed by atoms with van der Waals surface area (Å²) < 4.78 is 0. The van der Waals surface area contributed by atoms with Crippen molar-refractivity contribution in [3.63, 3.8) is 0 Å². The van der Waals surface area contributed by atoms with E-state index in [-0.39, 0.29) is 6.10 Å². The van der Waals surface area contributed by atoms with Crippen molar-refractivity contribution in [3.8, 4) is 0 Å². The van der Waals surface area contributed by atoms with Crippen molar-refractivity contribution in [1.29, 1.82) is 0 Å². The van der Waals surface area contributed by atoms with Gasteiger partial charge in [-0.25, -0.2) is 0 Å². The van der Waals surface area contributed by atoms with Crippen LogP contribution in [0, 0.1) is 0 Å². The highest BCUT2D eigenvalue weighted by Crippen LogP contribution is 2.22. The van der Waals surface area contributed by atoms with E-state index in [1.807, 2.05) is 14.0 Å². The highest BCUT2D eigenvalue weighted by Gasteiger charge is 2.29. The maximum Gasteiger partial charge on any atom is 0.0639 e. The van der Waals surface area contributed by atoms with E-state index in [0.29, 0.717) is 12.1 Å². The molecule has 3 N–H and O–H groups in total. The van der Waals surface area contributed by atoms with Gasteiger partial charge in [0.25, 0.3) is 0 Å². The lowest BCUT2D eigenvalue weighted by Gasteiger charge is -2.39. The summed E-state index contributed by atoms with van der Waals surface area (Å²) in [5.41, 5.74) is 5.65. The molecule has 0 aliphatic heterocycles. The minimum absolute atomic E-state index is 0.225. The van der Waals surface area contributed by atoms with Gasteiger partial charge in [0, 0.05) is 18.6 Å². The fraction of sp³-hybridized carbons (Fsp3) is 1.00. The third kappa shape index (κ3) is 2.43. The van der Waals surface area contributed by atoms with Crippen molar-refractivity contribution >= 4 is 0 Å². The van der Waals surface area contributed by atoms with Crippen LogP contribution in [0.3, 0.4) is 0 Å². The lowest BCUT2D eigenvalue weighted by molar-refractivity contribution is 0.0784. The van der Waals surface area contributed by atoms with Crippen LogP contribution in [0.2, 0.25) is 0 Å². The Bertz CT molecular complexity index is 121. The van der Waals surface area contributed by atoms with E-state index in [2.05, 4.69) is 4.90 Å². The summed E-state index contributed by atoms with van der Waals surface area (Å²) in [6.45, 7) is 2.58. The molecule has 1 rings (SSSR count). The first-order chi connectivity index (χ1) is 5.09. The minimum atomic E-state index is -0.225. The number of hydrogen-bond donors (Lipinski definition) is 2. The van der Waals surface area contributed by atoms with Crippen LogP contribution >= 0.6 is 0 Å². The number of aliphatic hydroxyl groups is 1. The lowest BCUT2D eigenvalue weighted by atomic mass is 9.86. The second-order valence-electron chi connectivity index (χ2n) is 3.67. The largest absolute Gasteiger partial charge is 0.392 e. The molecule has 3 heteroatoms. The summed E-state index contributed by atoms with van der Waals surface area (Å²) in [5, 5.41) is 9.08. The van der Waals surface area contributed by atoms with Gasteiger partial charge in [0.15, 0.2) is 0 Å². The predicted octanol–water partition coefficient (Wildman–Crippen LogP) is -0.211. The van der Waals surface area contributed by atoms with E-state index in [4.69, 9.17) is 10.8 Å². The van der Waals surface area contributed by atoms with Crippen LogP contribution in [0.15, 0.2) is 0 Å². The zero-order valence-electron chi connectivity index (χ0n) is 7.33. The van der Waals surface area contributed by atoms with E-state index in [0.717, 1.165) is 19.4 Å². The van der Waals surface area contributed by atoms with Gasteiger partial charge in [-0.3, -0.25) is 0 Å². The SMILES string of the molecule is C[C@@H](O)CN(C)C1CC(N)C1. The molecule has 11 heavy (non-hydrogen) atoms. The summed E-state index contributed by atoms with van der Waals surface area (Å²) in [7, 11) is 2.04. The van der Waals surface area contributed by atoms with Gasteiger partial charge < -0.3 is 15.7 Å². The fourth-order valence-electron chi connectivity index (χ4n) is 1.56. The molecular weight excluding hydrogens is 140 g/mol. The second kappa shape index (κ2) is 3.52. The lowest BCUT2D eigenvalue weighted by Crippen LogP contribution is -2.50. The monoisotopic (exact) mass is 158 g/mol. The smallest absolute Gasteiger partial charge is 0.0639 e. The average Bonchev–Trinajstić information content (AvgIpc) is 1.79. The molecule has 0 heterocycles. The number of likely N-dealkylation sites (N-methyl/N-ethyl adjacent to an activating group) is 1. The van der Waals surface area contributed by atoms with Gasteiger partial charge in [-0.1, -0.05) is 0 Å². The Hall–Kier alpha value is -0.120. The number of hydrogen-bond acceptors (Lipinski definition) is 3. The Labute approximate surface area is 68.2 Å². The summed E-state index contributed by atoms with van der Waals surface area (Å²) in [5.74, 6) is 0. The maximum atomic E-state index is 9.08. The van der Waals surface area contributed by atoms with Gasteiger partial charge >= 0.3 is 0 Å². The molecule has 0 aromatic carbocycles. The van der Waals surface area contributed by atoms with Crippen LogP contribution in [-0.2, 0) is 0 Å². The first-order valence-corrected chi connectivity index (χ1v) is 4.23. The van der Waals surface area contributed by atoms with E-state index in [1.165, 1.54) is 0 Å². The molecular formula is C8H18N2O. The Morgan fingerprint density at radius 3 is 2.55 bits per heavy atom. The second-order valence-corrected chi connectivity index (χ2v) is 3.67. The van der Waals surface area contributed by atoms with Gasteiger partial charge in [-0.15, -0.1) is 0 Å². The van der Waals surface area contributed by atoms with Crippen LogP contribution in [-0.4, -0.2) is 41.8 Å². The van der Waals surface area contributed by atoms with E-state index >= 15 is 0 Å². The highest BCUT2D eigenvalue weighted by atomic mass is 16.3. The van der Waals surface area contributed by atoms with E-state index in [1.54, 1.807) is 0 Å². The number of aliphatic hydroxyl groups excluding tert-OH is 1. The van der Waals surface area contributed by atoms with Gasteiger partial charge in [0.05, 0.1) is 6.10 Å². The molecule has 0 aromatic rings. The zero-order valence-corrected chi connectivity index (χ0v) is 7.33. The first kappa shape index (κ1) is 8.97. The molecule has 1 fully saturated rings. The molecule has 1 aliphatic carbocycles. The molecule has 0 bridgehead atoms. The topological polar surface area (TPSA) is 49.5 Å². The fourth-order valence-corrected chi connectivity index (χ4v) is 1.56. The van der Waals surface area contributed by atoms with Crippen LogP contribution in [0.1, 0.15) is 19.8 Å². The summed E-state index contributed by atoms with van der Waals surface area (Å²) in [6.07, 6.45) is 1.95. The molecule has 0 amide bonds. The minimum Gasteiger partial charge on any atom is -0.392 e. The average molecular weight is 158 g/mol. The Morgan fingerprint density at radius 2 is 2.18 bits per heavy atom. The van der Waals surface area contributed by atoms with Crippen LogP contribution in [0.25, 0.3) is 0 Å². The van der Waals surface area contributed by atoms with Gasteiger partial charge in [0.2, 0.25) is 0 Å². The Balaban J connectivity index is 2.16. The molecule has 0 spiro atoms. The quantitative estimate of drug-likeness (QED) is 0.597. The van der Waals surface area contributed by atoms with E-state index < -0.39 is 0 Å². The first-order valence-electron chi connectivity index (χ1n) is 4.23. The van der Waals surface area contributed by atoms with Crippen LogP contribution < -0.4 is 5.73 Å². The number of nitrogens with zero attached hydrogens (tertiary/aromatic N) is 1. The third-order valence-corrected chi connectivity index (χ3v) is 2.33. The zero-order chi connectivity index (χ0) is 8.43. The van der Waals surface area contributed by atoms with Crippen molar-refractivity contribution < 1.29 is 5.11 Å². The summed E-state index contributed by atoms with van der Waals surface area (Å²) in [4.78, 5) is 2.19.